The summed E-state index contributed by atoms with van der Waals surface area (Å²) in [5, 5.41) is 12.2. The molecule has 0 saturated carbocycles. The summed E-state index contributed by atoms with van der Waals surface area (Å²) in [6.45, 7) is 5.04. The van der Waals surface area contributed by atoms with Crippen LogP contribution in [0.5, 0.6) is 5.75 Å². The van der Waals surface area contributed by atoms with E-state index in [1.807, 2.05) is 18.3 Å². The van der Waals surface area contributed by atoms with Crippen LogP contribution in [0.15, 0.2) is 28.9 Å². The Morgan fingerprint density at radius 3 is 3.05 bits per heavy atom. The molecule has 0 bridgehead atoms. The number of aromatic nitrogens is 3. The fourth-order valence-electron chi connectivity index (χ4n) is 1.76. The maximum absolute atomic E-state index is 5.89. The summed E-state index contributed by atoms with van der Waals surface area (Å²) in [6, 6.07) is 5.45. The Kier molecular flexibility index (Phi) is 6.48. The molecule has 1 aromatic carbocycles. The van der Waals surface area contributed by atoms with Gasteiger partial charge < -0.3 is 10.1 Å². The van der Waals surface area contributed by atoms with Crippen LogP contribution in [-0.2, 0) is 13.1 Å². The molecule has 0 aliphatic heterocycles. The van der Waals surface area contributed by atoms with Gasteiger partial charge in [0.2, 0.25) is 0 Å². The maximum atomic E-state index is 5.89. The van der Waals surface area contributed by atoms with Crippen LogP contribution < -0.4 is 10.1 Å². The molecule has 0 radical (unpaired) electrons. The molecule has 0 aliphatic rings. The van der Waals surface area contributed by atoms with Crippen molar-refractivity contribution in [1.82, 2.24) is 20.3 Å². The lowest BCUT2D eigenvalue weighted by Crippen LogP contribution is -2.14. The fourth-order valence-corrected chi connectivity index (χ4v) is 2.56. The Morgan fingerprint density at radius 1 is 1.43 bits per heavy atom. The van der Waals surface area contributed by atoms with Gasteiger partial charge >= 0.3 is 0 Å². The number of nitrogens with zero attached hydrogens (tertiary/aromatic N) is 3. The number of hydrogen-bond acceptors (Lipinski definition) is 4. The van der Waals surface area contributed by atoms with Crippen molar-refractivity contribution >= 4 is 27.5 Å². The highest BCUT2D eigenvalue weighted by Crippen LogP contribution is 2.27. The number of hydrogen-bond donors (Lipinski definition) is 1. The summed E-state index contributed by atoms with van der Waals surface area (Å²) >= 11 is 9.31. The van der Waals surface area contributed by atoms with Gasteiger partial charge in [0.1, 0.15) is 12.4 Å². The fraction of sp³-hybridized carbons (Fsp3) is 0.429. The van der Waals surface area contributed by atoms with Crippen molar-refractivity contribution in [2.75, 3.05) is 13.2 Å². The summed E-state index contributed by atoms with van der Waals surface area (Å²) in [5.41, 5.74) is 0.941. The smallest absolute Gasteiger partial charge is 0.133 e. The van der Waals surface area contributed by atoms with Crippen LogP contribution in [-0.4, -0.2) is 28.1 Å². The normalized spacial score (nSPS) is 10.8. The van der Waals surface area contributed by atoms with Crippen molar-refractivity contribution < 1.29 is 4.74 Å². The second-order valence-electron chi connectivity index (χ2n) is 4.57. The number of benzene rings is 1. The zero-order valence-electron chi connectivity index (χ0n) is 11.9. The van der Waals surface area contributed by atoms with E-state index in [9.17, 15) is 0 Å². The van der Waals surface area contributed by atoms with Crippen molar-refractivity contribution in [2.45, 2.75) is 26.4 Å². The molecule has 0 spiro atoms. The van der Waals surface area contributed by atoms with Gasteiger partial charge in [0.05, 0.1) is 16.7 Å². The molecule has 0 amide bonds. The summed E-state index contributed by atoms with van der Waals surface area (Å²) in [6.07, 6.45) is 3.04. The average molecular weight is 374 g/mol. The largest absolute Gasteiger partial charge is 0.490 e. The Bertz CT molecular complexity index is 576. The first-order chi connectivity index (χ1) is 10.2. The predicted octanol–water partition coefficient (Wildman–Crippen LogP) is 3.27. The van der Waals surface area contributed by atoms with Crippen LogP contribution in [0.2, 0.25) is 5.02 Å². The number of halogens is 2. The number of ether oxygens (including phenoxy) is 1. The van der Waals surface area contributed by atoms with Crippen molar-refractivity contribution in [2.24, 2.45) is 0 Å². The van der Waals surface area contributed by atoms with Crippen LogP contribution in [0.1, 0.15) is 19.0 Å². The van der Waals surface area contributed by atoms with Gasteiger partial charge in [-0.15, -0.1) is 5.10 Å². The molecule has 2 aromatic rings. The van der Waals surface area contributed by atoms with E-state index in [4.69, 9.17) is 16.3 Å². The van der Waals surface area contributed by atoms with Gasteiger partial charge in [0.15, 0.2) is 0 Å². The molecule has 1 N–H and O–H groups in total. The van der Waals surface area contributed by atoms with Crippen molar-refractivity contribution in [3.05, 3.63) is 39.6 Å². The van der Waals surface area contributed by atoms with E-state index in [1.54, 1.807) is 10.7 Å². The van der Waals surface area contributed by atoms with Gasteiger partial charge in [0.25, 0.3) is 0 Å². The maximum Gasteiger partial charge on any atom is 0.133 e. The molecule has 0 fully saturated rings. The van der Waals surface area contributed by atoms with E-state index in [0.29, 0.717) is 18.2 Å². The van der Waals surface area contributed by atoms with Gasteiger partial charge in [-0.2, -0.15) is 0 Å². The SMILES string of the molecule is CCCNCc1cn(CCOc2ccc(Cl)cc2Br)nn1. The predicted molar refractivity (Wildman–Crippen MR) is 86.7 cm³/mol. The first-order valence-electron chi connectivity index (χ1n) is 6.86. The van der Waals surface area contributed by atoms with Crippen LogP contribution in [0, 0.1) is 0 Å². The third-order valence-electron chi connectivity index (χ3n) is 2.79. The molecule has 0 saturated heterocycles. The van der Waals surface area contributed by atoms with Gasteiger partial charge in [-0.3, -0.25) is 0 Å². The third-order valence-corrected chi connectivity index (χ3v) is 3.65. The first-order valence-corrected chi connectivity index (χ1v) is 8.03. The molecular weight excluding hydrogens is 356 g/mol. The van der Waals surface area contributed by atoms with E-state index in [2.05, 4.69) is 38.5 Å². The van der Waals surface area contributed by atoms with E-state index in [0.717, 1.165) is 35.4 Å². The van der Waals surface area contributed by atoms with Gasteiger partial charge in [-0.25, -0.2) is 4.68 Å². The lowest BCUT2D eigenvalue weighted by atomic mass is 10.3. The third kappa shape index (κ3) is 5.30. The van der Waals surface area contributed by atoms with E-state index in [1.165, 1.54) is 0 Å². The molecule has 0 unspecified atom stereocenters. The summed E-state index contributed by atoms with van der Waals surface area (Å²) in [7, 11) is 0. The monoisotopic (exact) mass is 372 g/mol. The average Bonchev–Trinajstić information content (AvgIpc) is 2.89. The Labute approximate surface area is 137 Å². The van der Waals surface area contributed by atoms with Gasteiger partial charge in [-0.05, 0) is 47.1 Å². The molecule has 1 aromatic heterocycles. The molecular formula is C14H18BrClN4O. The van der Waals surface area contributed by atoms with Gasteiger partial charge in [0, 0.05) is 17.8 Å². The summed E-state index contributed by atoms with van der Waals surface area (Å²) < 4.78 is 8.32. The number of nitrogens with one attached hydrogen (secondary N) is 1. The Morgan fingerprint density at radius 2 is 2.29 bits per heavy atom. The Balaban J connectivity index is 1.78. The highest BCUT2D eigenvalue weighted by Gasteiger charge is 2.03. The minimum atomic E-state index is 0.519. The molecule has 21 heavy (non-hydrogen) atoms. The van der Waals surface area contributed by atoms with Crippen LogP contribution in [0.4, 0.5) is 0 Å². The van der Waals surface area contributed by atoms with Crippen molar-refractivity contribution in [3.8, 4) is 5.75 Å². The standard InChI is InChI=1S/C14H18BrClN4O/c1-2-5-17-9-12-10-20(19-18-12)6-7-21-14-4-3-11(16)8-13(14)15/h3-4,8,10,17H,2,5-7,9H2,1H3. The summed E-state index contributed by atoms with van der Waals surface area (Å²) in [5.74, 6) is 0.768. The lowest BCUT2D eigenvalue weighted by Gasteiger charge is -2.08. The minimum Gasteiger partial charge on any atom is -0.490 e. The number of rotatable bonds is 8. The van der Waals surface area contributed by atoms with Crippen molar-refractivity contribution in [3.63, 3.8) is 0 Å². The van der Waals surface area contributed by atoms with E-state index in [-0.39, 0.29) is 0 Å². The molecule has 7 heteroatoms. The quantitative estimate of drug-likeness (QED) is 0.722. The molecule has 2 rings (SSSR count). The second kappa shape index (κ2) is 8.36. The molecule has 0 atom stereocenters. The zero-order chi connectivity index (χ0) is 15.1. The Hall–Kier alpha value is -1.11. The van der Waals surface area contributed by atoms with Crippen LogP contribution in [0.25, 0.3) is 0 Å². The molecule has 114 valence electrons. The topological polar surface area (TPSA) is 52.0 Å². The van der Waals surface area contributed by atoms with Crippen LogP contribution >= 0.6 is 27.5 Å². The lowest BCUT2D eigenvalue weighted by molar-refractivity contribution is 0.288. The van der Waals surface area contributed by atoms with E-state index >= 15 is 0 Å². The molecule has 1 heterocycles. The summed E-state index contributed by atoms with van der Waals surface area (Å²) in [4.78, 5) is 0. The van der Waals surface area contributed by atoms with Crippen molar-refractivity contribution in [1.29, 1.82) is 0 Å². The second-order valence-corrected chi connectivity index (χ2v) is 5.86. The minimum absolute atomic E-state index is 0.519. The first kappa shape index (κ1) is 16.3. The highest BCUT2D eigenvalue weighted by molar-refractivity contribution is 9.10. The molecule has 5 nitrogen and oxygen atoms in total. The van der Waals surface area contributed by atoms with E-state index < -0.39 is 0 Å². The molecule has 0 aliphatic carbocycles. The van der Waals surface area contributed by atoms with Gasteiger partial charge in [-0.1, -0.05) is 23.7 Å². The van der Waals surface area contributed by atoms with Crippen LogP contribution in [0.3, 0.4) is 0 Å². The highest BCUT2D eigenvalue weighted by atomic mass is 79.9. The zero-order valence-corrected chi connectivity index (χ0v) is 14.2.